The van der Waals surface area contributed by atoms with Crippen molar-refractivity contribution < 1.29 is 0 Å². The van der Waals surface area contributed by atoms with Crippen molar-refractivity contribution in [3.05, 3.63) is 70.7 Å². The second kappa shape index (κ2) is 7.65. The van der Waals surface area contributed by atoms with Crippen molar-refractivity contribution in [3.8, 4) is 34.0 Å². The van der Waals surface area contributed by atoms with Crippen molar-refractivity contribution in [3.63, 3.8) is 0 Å². The topological polar surface area (TPSA) is 72.5 Å². The number of benzene rings is 2. The molecule has 4 nitrogen and oxygen atoms in total. The molecule has 0 amide bonds. The Kier molecular flexibility index (Phi) is 5.12. The third-order valence-corrected chi connectivity index (χ3v) is 4.93. The lowest BCUT2D eigenvalue weighted by molar-refractivity contribution is 1.32. The number of nitriles is 2. The molecular weight excluding hydrogens is 340 g/mol. The van der Waals surface area contributed by atoms with Crippen molar-refractivity contribution in [2.75, 3.05) is 5.32 Å². The minimum absolute atomic E-state index is 0.0293. The summed E-state index contributed by atoms with van der Waals surface area (Å²) in [4.78, 5) is 4.76. The molecule has 0 aliphatic carbocycles. The Balaban J connectivity index is 1.87. The Morgan fingerprint density at radius 2 is 1.85 bits per heavy atom. The molecule has 5 heteroatoms. The molecule has 0 aliphatic heterocycles. The minimum Gasteiger partial charge on any atom is -0.360 e. The molecule has 0 unspecified atom stereocenters. The van der Waals surface area contributed by atoms with E-state index in [4.69, 9.17) is 15.5 Å². The molecule has 0 radical (unpaired) electrons. The Hall–Kier alpha value is -3.41. The molecule has 1 aromatic heterocycles. The van der Waals surface area contributed by atoms with Crippen LogP contribution in [0.15, 0.2) is 59.6 Å². The number of aryl methyl sites for hydroxylation is 2. The Labute approximate surface area is 156 Å². The summed E-state index contributed by atoms with van der Waals surface area (Å²) < 4.78 is 0. The van der Waals surface area contributed by atoms with E-state index in [0.29, 0.717) is 0 Å². The molecule has 3 aromatic rings. The molecule has 0 saturated carbocycles. The molecular formula is C21H16N4S. The van der Waals surface area contributed by atoms with Crippen LogP contribution in [0.4, 0.5) is 5.69 Å². The van der Waals surface area contributed by atoms with Crippen molar-refractivity contribution in [1.29, 1.82) is 10.5 Å². The van der Waals surface area contributed by atoms with Crippen molar-refractivity contribution >= 4 is 17.0 Å². The van der Waals surface area contributed by atoms with Gasteiger partial charge in [-0.25, -0.2) is 4.98 Å². The highest BCUT2D eigenvalue weighted by Gasteiger charge is 2.08. The van der Waals surface area contributed by atoms with Gasteiger partial charge in [-0.3, -0.25) is 0 Å². The second-order valence-corrected chi connectivity index (χ2v) is 6.70. The fourth-order valence-electron chi connectivity index (χ4n) is 2.43. The summed E-state index contributed by atoms with van der Waals surface area (Å²) in [5.74, 6) is 0. The molecule has 0 bridgehead atoms. The van der Waals surface area contributed by atoms with Gasteiger partial charge in [-0.2, -0.15) is 10.5 Å². The summed E-state index contributed by atoms with van der Waals surface area (Å²) in [5, 5.41) is 23.6. The fourth-order valence-corrected chi connectivity index (χ4v) is 3.25. The van der Waals surface area contributed by atoms with E-state index in [9.17, 15) is 0 Å². The van der Waals surface area contributed by atoms with Gasteiger partial charge in [0.05, 0.1) is 5.69 Å². The summed E-state index contributed by atoms with van der Waals surface area (Å²) in [6.45, 7) is 4.20. The fraction of sp³-hybridized carbons (Fsp3) is 0.0952. The van der Waals surface area contributed by atoms with Crippen LogP contribution in [-0.4, -0.2) is 4.98 Å². The summed E-state index contributed by atoms with van der Waals surface area (Å²) >= 11 is 1.59. The van der Waals surface area contributed by atoms with Gasteiger partial charge in [0.25, 0.3) is 0 Å². The maximum Gasteiger partial charge on any atom is 0.145 e. The number of aromatic nitrogens is 1. The van der Waals surface area contributed by atoms with E-state index in [2.05, 4.69) is 42.7 Å². The van der Waals surface area contributed by atoms with Gasteiger partial charge in [0.2, 0.25) is 0 Å². The van der Waals surface area contributed by atoms with E-state index in [1.165, 1.54) is 17.3 Å². The largest absolute Gasteiger partial charge is 0.360 e. The van der Waals surface area contributed by atoms with Crippen molar-refractivity contribution in [1.82, 2.24) is 4.98 Å². The molecule has 1 heterocycles. The average molecular weight is 356 g/mol. The number of thiazole rings is 1. The van der Waals surface area contributed by atoms with Crippen LogP contribution < -0.4 is 5.32 Å². The van der Waals surface area contributed by atoms with E-state index in [1.54, 1.807) is 11.3 Å². The lowest BCUT2D eigenvalue weighted by Gasteiger charge is -2.04. The Morgan fingerprint density at radius 3 is 2.58 bits per heavy atom. The number of hydrogen-bond acceptors (Lipinski definition) is 5. The third kappa shape index (κ3) is 3.80. The van der Waals surface area contributed by atoms with Gasteiger partial charge in [-0.15, -0.1) is 11.3 Å². The first-order chi connectivity index (χ1) is 12.6. The third-order valence-electron chi connectivity index (χ3n) is 4.04. The average Bonchev–Trinajstić information content (AvgIpc) is 3.15. The zero-order chi connectivity index (χ0) is 18.5. The van der Waals surface area contributed by atoms with Gasteiger partial charge in [0.15, 0.2) is 0 Å². The van der Waals surface area contributed by atoms with Crippen molar-refractivity contribution in [2.45, 2.75) is 13.8 Å². The smallest absolute Gasteiger partial charge is 0.145 e. The van der Waals surface area contributed by atoms with E-state index in [1.807, 2.05) is 36.4 Å². The highest BCUT2D eigenvalue weighted by Crippen LogP contribution is 2.31. The van der Waals surface area contributed by atoms with E-state index in [0.717, 1.165) is 27.5 Å². The number of nitrogens with zero attached hydrogens (tertiary/aromatic N) is 3. The van der Waals surface area contributed by atoms with E-state index >= 15 is 0 Å². The molecule has 2 aromatic carbocycles. The standard InChI is InChI=1S/C21H16N4S/c1-14-6-7-17(8-15(14)2)20-13-26-21(25-20)18-4-3-5-19(9-18)24-12-16(10-22)11-23/h3-9,12-13,24H,1-2H3. The molecule has 0 atom stereocenters. The van der Waals surface area contributed by atoms with E-state index in [-0.39, 0.29) is 5.57 Å². The van der Waals surface area contributed by atoms with Gasteiger partial charge in [0.1, 0.15) is 22.7 Å². The number of allylic oxidation sites excluding steroid dienone is 1. The predicted octanol–water partition coefficient (Wildman–Crippen LogP) is 5.44. The summed E-state index contributed by atoms with van der Waals surface area (Å²) in [6.07, 6.45) is 1.40. The number of nitrogens with one attached hydrogen (secondary N) is 1. The summed E-state index contributed by atoms with van der Waals surface area (Å²) in [5.41, 5.74) is 6.41. The van der Waals surface area contributed by atoms with Crippen LogP contribution in [0.1, 0.15) is 11.1 Å². The molecule has 3 rings (SSSR count). The molecule has 126 valence electrons. The van der Waals surface area contributed by atoms with Gasteiger partial charge in [-0.1, -0.05) is 24.3 Å². The van der Waals surface area contributed by atoms with Crippen LogP contribution in [0, 0.1) is 36.5 Å². The van der Waals surface area contributed by atoms with Crippen molar-refractivity contribution in [2.24, 2.45) is 0 Å². The molecule has 0 saturated heterocycles. The molecule has 0 aliphatic rings. The normalized spacial score (nSPS) is 9.85. The monoisotopic (exact) mass is 356 g/mol. The first kappa shape index (κ1) is 17.4. The maximum absolute atomic E-state index is 8.80. The lowest BCUT2D eigenvalue weighted by atomic mass is 10.1. The highest BCUT2D eigenvalue weighted by atomic mass is 32.1. The van der Waals surface area contributed by atoms with Gasteiger partial charge >= 0.3 is 0 Å². The zero-order valence-electron chi connectivity index (χ0n) is 14.4. The Morgan fingerprint density at radius 1 is 1.04 bits per heavy atom. The van der Waals surface area contributed by atoms with Crippen LogP contribution >= 0.6 is 11.3 Å². The van der Waals surface area contributed by atoms with Gasteiger partial charge < -0.3 is 5.32 Å². The number of rotatable bonds is 4. The Bertz CT molecular complexity index is 1050. The number of anilines is 1. The van der Waals surface area contributed by atoms with Gasteiger partial charge in [-0.05, 0) is 43.2 Å². The van der Waals surface area contributed by atoms with Crippen LogP contribution in [0.2, 0.25) is 0 Å². The molecule has 0 spiro atoms. The highest BCUT2D eigenvalue weighted by molar-refractivity contribution is 7.13. The quantitative estimate of drug-likeness (QED) is 0.632. The summed E-state index contributed by atoms with van der Waals surface area (Å²) in [7, 11) is 0. The van der Waals surface area contributed by atoms with Gasteiger partial charge in [0, 0.05) is 28.4 Å². The van der Waals surface area contributed by atoms with Crippen LogP contribution in [0.5, 0.6) is 0 Å². The SMILES string of the molecule is Cc1ccc(-c2csc(-c3cccc(NC=C(C#N)C#N)c3)n2)cc1C. The first-order valence-corrected chi connectivity index (χ1v) is 8.89. The second-order valence-electron chi connectivity index (χ2n) is 5.84. The molecule has 0 fully saturated rings. The minimum atomic E-state index is 0.0293. The summed E-state index contributed by atoms with van der Waals surface area (Å²) in [6, 6.07) is 17.8. The van der Waals surface area contributed by atoms with Crippen LogP contribution in [0.25, 0.3) is 21.8 Å². The van der Waals surface area contributed by atoms with Crippen LogP contribution in [-0.2, 0) is 0 Å². The molecule has 1 N–H and O–H groups in total. The predicted molar refractivity (Wildman–Crippen MR) is 105 cm³/mol. The van der Waals surface area contributed by atoms with E-state index < -0.39 is 0 Å². The number of hydrogen-bond donors (Lipinski definition) is 1. The van der Waals surface area contributed by atoms with Crippen LogP contribution in [0.3, 0.4) is 0 Å². The zero-order valence-corrected chi connectivity index (χ0v) is 15.3. The lowest BCUT2D eigenvalue weighted by Crippen LogP contribution is -1.90. The first-order valence-electron chi connectivity index (χ1n) is 8.01. The maximum atomic E-state index is 8.80. The molecule has 26 heavy (non-hydrogen) atoms.